The van der Waals surface area contributed by atoms with E-state index in [1.54, 1.807) is 0 Å². The molecule has 0 N–H and O–H groups in total. The summed E-state index contributed by atoms with van der Waals surface area (Å²) in [5.41, 5.74) is 0.352. The second-order valence-electron chi connectivity index (χ2n) is 2.61. The van der Waals surface area contributed by atoms with Crippen LogP contribution < -0.4 is 9.47 Å². The zero-order valence-electron chi connectivity index (χ0n) is 7.94. The lowest BCUT2D eigenvalue weighted by atomic mass is 10.3. The molecule has 1 aromatic heterocycles. The SMILES string of the molecule is COc1ncc(OC(F)(F)F)c(CBr)c1I. The first-order valence-corrected chi connectivity index (χ1v) is 6.12. The van der Waals surface area contributed by atoms with Crippen LogP contribution in [0.5, 0.6) is 11.6 Å². The van der Waals surface area contributed by atoms with Crippen molar-refractivity contribution >= 4 is 38.5 Å². The standard InChI is InChI=1S/C8H6BrF3INO2/c1-15-7-6(13)4(2-9)5(3-14-7)16-8(10,11)12/h3H,2H2,1H3. The normalized spacial score (nSPS) is 11.4. The molecule has 0 amide bonds. The number of nitrogens with zero attached hydrogens (tertiary/aromatic N) is 1. The van der Waals surface area contributed by atoms with Crippen LogP contribution in [0.3, 0.4) is 0 Å². The number of pyridine rings is 1. The van der Waals surface area contributed by atoms with Gasteiger partial charge in [0.05, 0.1) is 16.9 Å². The number of aromatic nitrogens is 1. The van der Waals surface area contributed by atoms with Crippen molar-refractivity contribution in [2.75, 3.05) is 7.11 Å². The summed E-state index contributed by atoms with van der Waals surface area (Å²) in [6.45, 7) is 0. The summed E-state index contributed by atoms with van der Waals surface area (Å²) in [7, 11) is 1.40. The molecule has 3 nitrogen and oxygen atoms in total. The lowest BCUT2D eigenvalue weighted by molar-refractivity contribution is -0.275. The van der Waals surface area contributed by atoms with Crippen LogP contribution in [-0.2, 0) is 5.33 Å². The Bertz CT molecular complexity index is 386. The molecular formula is C8H6BrF3INO2. The van der Waals surface area contributed by atoms with Crippen molar-refractivity contribution in [2.24, 2.45) is 0 Å². The summed E-state index contributed by atoms with van der Waals surface area (Å²) in [4.78, 5) is 3.71. The van der Waals surface area contributed by atoms with Crippen LogP contribution in [0.1, 0.15) is 5.56 Å². The molecule has 0 aromatic carbocycles. The highest BCUT2D eigenvalue weighted by atomic mass is 127. The van der Waals surface area contributed by atoms with E-state index in [4.69, 9.17) is 4.74 Å². The van der Waals surface area contributed by atoms with Gasteiger partial charge < -0.3 is 9.47 Å². The third-order valence-electron chi connectivity index (χ3n) is 1.60. The van der Waals surface area contributed by atoms with Crippen molar-refractivity contribution in [3.63, 3.8) is 0 Å². The van der Waals surface area contributed by atoms with Crippen LogP contribution >= 0.6 is 38.5 Å². The molecule has 16 heavy (non-hydrogen) atoms. The Balaban J connectivity index is 3.16. The van der Waals surface area contributed by atoms with E-state index >= 15 is 0 Å². The Morgan fingerprint density at radius 3 is 2.56 bits per heavy atom. The van der Waals surface area contributed by atoms with Crippen molar-refractivity contribution in [1.82, 2.24) is 4.98 Å². The van der Waals surface area contributed by atoms with E-state index in [1.165, 1.54) is 7.11 Å². The first-order chi connectivity index (χ1) is 7.39. The highest BCUT2D eigenvalue weighted by molar-refractivity contribution is 14.1. The van der Waals surface area contributed by atoms with Crippen LogP contribution in [0.2, 0.25) is 0 Å². The van der Waals surface area contributed by atoms with Crippen LogP contribution in [0, 0.1) is 3.57 Å². The van der Waals surface area contributed by atoms with E-state index in [2.05, 4.69) is 25.7 Å². The first kappa shape index (κ1) is 13.8. The van der Waals surface area contributed by atoms with Gasteiger partial charge in [0.2, 0.25) is 5.88 Å². The molecular weight excluding hydrogens is 406 g/mol. The van der Waals surface area contributed by atoms with Gasteiger partial charge in [-0.05, 0) is 22.6 Å². The van der Waals surface area contributed by atoms with Crippen LogP contribution in [0.4, 0.5) is 13.2 Å². The average Bonchev–Trinajstić information content (AvgIpc) is 2.16. The maximum atomic E-state index is 12.1. The van der Waals surface area contributed by atoms with Crippen molar-refractivity contribution in [2.45, 2.75) is 11.7 Å². The lowest BCUT2D eigenvalue weighted by Gasteiger charge is -2.14. The van der Waals surface area contributed by atoms with E-state index < -0.39 is 6.36 Å². The van der Waals surface area contributed by atoms with Gasteiger partial charge in [0.25, 0.3) is 0 Å². The number of methoxy groups -OCH3 is 1. The summed E-state index contributed by atoms with van der Waals surface area (Å²) in [6.07, 6.45) is -3.73. The van der Waals surface area contributed by atoms with E-state index in [-0.39, 0.29) is 17.0 Å². The Morgan fingerprint density at radius 1 is 1.50 bits per heavy atom. The number of hydrogen-bond acceptors (Lipinski definition) is 3. The van der Waals surface area contributed by atoms with Crippen LogP contribution in [-0.4, -0.2) is 18.5 Å². The average molecular weight is 412 g/mol. The number of alkyl halides is 4. The quantitative estimate of drug-likeness (QED) is 0.563. The minimum Gasteiger partial charge on any atom is -0.480 e. The predicted octanol–water partition coefficient (Wildman–Crippen LogP) is 3.49. The van der Waals surface area contributed by atoms with Crippen molar-refractivity contribution in [3.05, 3.63) is 15.3 Å². The Kier molecular flexibility index (Phi) is 4.65. The van der Waals surface area contributed by atoms with E-state index in [0.717, 1.165) is 6.20 Å². The van der Waals surface area contributed by atoms with Crippen molar-refractivity contribution < 1.29 is 22.6 Å². The topological polar surface area (TPSA) is 31.4 Å². The molecule has 0 atom stereocenters. The molecule has 0 bridgehead atoms. The third kappa shape index (κ3) is 3.37. The van der Waals surface area contributed by atoms with Crippen LogP contribution in [0.15, 0.2) is 6.20 Å². The van der Waals surface area contributed by atoms with Gasteiger partial charge in [-0.15, -0.1) is 13.2 Å². The molecule has 90 valence electrons. The molecule has 1 rings (SSSR count). The van der Waals surface area contributed by atoms with Gasteiger partial charge in [0.1, 0.15) is 0 Å². The summed E-state index contributed by atoms with van der Waals surface area (Å²) in [6, 6.07) is 0. The second-order valence-corrected chi connectivity index (χ2v) is 4.25. The summed E-state index contributed by atoms with van der Waals surface area (Å²) < 4.78 is 45.5. The largest absolute Gasteiger partial charge is 0.573 e. The highest BCUT2D eigenvalue weighted by Gasteiger charge is 2.33. The Labute approximate surface area is 112 Å². The summed E-state index contributed by atoms with van der Waals surface area (Å²) in [5, 5.41) is 0.218. The fourth-order valence-corrected chi connectivity index (χ4v) is 2.87. The summed E-state index contributed by atoms with van der Waals surface area (Å²) >= 11 is 4.95. The molecule has 0 spiro atoms. The highest BCUT2D eigenvalue weighted by Crippen LogP contribution is 2.34. The molecule has 0 unspecified atom stereocenters. The molecule has 1 aromatic rings. The number of ether oxygens (including phenoxy) is 2. The van der Waals surface area contributed by atoms with E-state index in [0.29, 0.717) is 9.13 Å². The maximum absolute atomic E-state index is 12.1. The van der Waals surface area contributed by atoms with Crippen molar-refractivity contribution in [3.8, 4) is 11.6 Å². The van der Waals surface area contributed by atoms with Gasteiger partial charge in [-0.1, -0.05) is 15.9 Å². The van der Waals surface area contributed by atoms with Gasteiger partial charge in [-0.25, -0.2) is 4.98 Å². The maximum Gasteiger partial charge on any atom is 0.573 e. The monoisotopic (exact) mass is 411 g/mol. The number of hydrogen-bond donors (Lipinski definition) is 0. The Hall–Kier alpha value is -0.250. The first-order valence-electron chi connectivity index (χ1n) is 3.92. The number of halogens is 5. The smallest absolute Gasteiger partial charge is 0.480 e. The zero-order valence-corrected chi connectivity index (χ0v) is 11.7. The van der Waals surface area contributed by atoms with E-state index in [1.807, 2.05) is 22.6 Å². The predicted molar refractivity (Wildman–Crippen MR) is 62.8 cm³/mol. The lowest BCUT2D eigenvalue weighted by Crippen LogP contribution is -2.18. The fourth-order valence-electron chi connectivity index (χ4n) is 0.969. The van der Waals surface area contributed by atoms with Gasteiger partial charge in [0.15, 0.2) is 5.75 Å². The molecule has 0 aliphatic carbocycles. The summed E-state index contributed by atoms with van der Waals surface area (Å²) in [5.74, 6) is -0.0563. The molecule has 0 fully saturated rings. The fraction of sp³-hybridized carbons (Fsp3) is 0.375. The Morgan fingerprint density at radius 2 is 2.12 bits per heavy atom. The van der Waals surface area contributed by atoms with Gasteiger partial charge in [0, 0.05) is 10.9 Å². The minimum atomic E-state index is -4.73. The van der Waals surface area contributed by atoms with E-state index in [9.17, 15) is 13.2 Å². The third-order valence-corrected chi connectivity index (χ3v) is 3.28. The number of rotatable bonds is 3. The molecule has 0 aliphatic heterocycles. The van der Waals surface area contributed by atoms with Gasteiger partial charge >= 0.3 is 6.36 Å². The van der Waals surface area contributed by atoms with Gasteiger partial charge in [-0.3, -0.25) is 0 Å². The molecule has 0 radical (unpaired) electrons. The molecule has 0 saturated carbocycles. The molecule has 8 heteroatoms. The van der Waals surface area contributed by atoms with Crippen LogP contribution in [0.25, 0.3) is 0 Å². The van der Waals surface area contributed by atoms with Gasteiger partial charge in [-0.2, -0.15) is 0 Å². The molecule has 0 aliphatic rings. The van der Waals surface area contributed by atoms with Crippen molar-refractivity contribution in [1.29, 1.82) is 0 Å². The minimum absolute atomic E-state index is 0.218. The second kappa shape index (κ2) is 5.39. The zero-order chi connectivity index (χ0) is 12.3. The molecule has 0 saturated heterocycles. The molecule has 1 heterocycles.